The zero-order chi connectivity index (χ0) is 13.9. The average molecular weight is 292 g/mol. The van der Waals surface area contributed by atoms with Crippen molar-refractivity contribution in [2.45, 2.75) is 0 Å². The van der Waals surface area contributed by atoms with Gasteiger partial charge in [-0.3, -0.25) is 0 Å². The Morgan fingerprint density at radius 2 is 1.74 bits per heavy atom. The van der Waals surface area contributed by atoms with Crippen LogP contribution in [0.3, 0.4) is 0 Å². The first-order valence-corrected chi connectivity index (χ1v) is 6.17. The summed E-state index contributed by atoms with van der Waals surface area (Å²) in [5.74, 6) is 0.376. The fourth-order valence-electron chi connectivity index (χ4n) is 1.13. The highest BCUT2D eigenvalue weighted by molar-refractivity contribution is 6.31. The number of halogens is 1. The normalized spacial score (nSPS) is 10.6. The smallest absolute Gasteiger partial charge is 0.237 e. The Morgan fingerprint density at radius 1 is 1.11 bits per heavy atom. The minimum atomic E-state index is 0.117. The minimum absolute atomic E-state index is 0.117. The van der Waals surface area contributed by atoms with Crippen molar-refractivity contribution in [3.63, 3.8) is 0 Å². The first-order chi connectivity index (χ1) is 9.24. The zero-order valence-corrected chi connectivity index (χ0v) is 11.6. The zero-order valence-electron chi connectivity index (χ0n) is 10.8. The van der Waals surface area contributed by atoms with Crippen LogP contribution >= 0.6 is 11.6 Å². The molecule has 2 N–H and O–H groups in total. The molecule has 1 heterocycles. The molecule has 0 radical (unpaired) electrons. The quantitative estimate of drug-likeness (QED) is 0.637. The summed E-state index contributed by atoms with van der Waals surface area (Å²) in [6.45, 7) is 2.89. The second-order valence-corrected chi connectivity index (χ2v) is 3.85. The van der Waals surface area contributed by atoms with E-state index in [-0.39, 0.29) is 11.8 Å². The Labute approximate surface area is 117 Å². The summed E-state index contributed by atoms with van der Waals surface area (Å²) in [5, 5.41) is 0.317. The lowest BCUT2D eigenvalue weighted by atomic mass is 10.6. The number of aromatic nitrogens is 2. The van der Waals surface area contributed by atoms with Crippen molar-refractivity contribution in [3.8, 4) is 5.88 Å². The largest absolute Gasteiger partial charge is 0.474 e. The first kappa shape index (κ1) is 15.9. The summed E-state index contributed by atoms with van der Waals surface area (Å²) in [6, 6.07) is 0. The molecule has 0 bridgehead atoms. The molecule has 0 fully saturated rings. The van der Waals surface area contributed by atoms with E-state index in [1.54, 1.807) is 7.11 Å². The van der Waals surface area contributed by atoms with Gasteiger partial charge in [0.2, 0.25) is 11.8 Å². The van der Waals surface area contributed by atoms with E-state index < -0.39 is 0 Å². The van der Waals surface area contributed by atoms with E-state index in [0.717, 1.165) is 0 Å². The number of ether oxygens (including phenoxy) is 4. The van der Waals surface area contributed by atoms with Gasteiger partial charge in [-0.15, -0.1) is 0 Å². The van der Waals surface area contributed by atoms with Crippen molar-refractivity contribution in [1.82, 2.24) is 9.97 Å². The third kappa shape index (κ3) is 7.12. The summed E-state index contributed by atoms with van der Waals surface area (Å²) < 4.78 is 20.7. The molecule has 0 aliphatic heterocycles. The molecule has 0 spiro atoms. The Bertz CT molecular complexity index is 368. The summed E-state index contributed by atoms with van der Waals surface area (Å²) >= 11 is 5.83. The molecule has 8 heteroatoms. The van der Waals surface area contributed by atoms with Crippen molar-refractivity contribution in [3.05, 3.63) is 11.2 Å². The van der Waals surface area contributed by atoms with Gasteiger partial charge in [0.15, 0.2) is 0 Å². The van der Waals surface area contributed by atoms with Crippen LogP contribution in [0.1, 0.15) is 0 Å². The van der Waals surface area contributed by atoms with E-state index >= 15 is 0 Å². The van der Waals surface area contributed by atoms with E-state index in [0.29, 0.717) is 44.7 Å². The van der Waals surface area contributed by atoms with Crippen LogP contribution in [0.2, 0.25) is 5.02 Å². The van der Waals surface area contributed by atoms with Crippen LogP contribution in [0, 0.1) is 0 Å². The SMILES string of the molecule is COCCOCCOCCOc1nc(N)ncc1Cl. The molecule has 1 rings (SSSR count). The van der Waals surface area contributed by atoms with Gasteiger partial charge in [-0.1, -0.05) is 11.6 Å². The first-order valence-electron chi connectivity index (χ1n) is 5.79. The number of methoxy groups -OCH3 is 1. The number of nitrogens with zero attached hydrogens (tertiary/aromatic N) is 2. The van der Waals surface area contributed by atoms with Gasteiger partial charge in [0.1, 0.15) is 11.6 Å². The van der Waals surface area contributed by atoms with Gasteiger partial charge >= 0.3 is 0 Å². The van der Waals surface area contributed by atoms with Gasteiger partial charge in [0.05, 0.1) is 39.2 Å². The van der Waals surface area contributed by atoms with Gasteiger partial charge in [-0.25, -0.2) is 4.98 Å². The van der Waals surface area contributed by atoms with Crippen molar-refractivity contribution in [1.29, 1.82) is 0 Å². The number of anilines is 1. The number of hydrogen-bond donors (Lipinski definition) is 1. The van der Waals surface area contributed by atoms with Crippen LogP contribution in [-0.2, 0) is 14.2 Å². The second-order valence-electron chi connectivity index (χ2n) is 3.45. The van der Waals surface area contributed by atoms with Crippen molar-refractivity contribution < 1.29 is 18.9 Å². The number of nitrogens with two attached hydrogens (primary N) is 1. The van der Waals surface area contributed by atoms with E-state index in [1.165, 1.54) is 6.20 Å². The fraction of sp³-hybridized carbons (Fsp3) is 0.636. The molecule has 7 nitrogen and oxygen atoms in total. The fourth-order valence-corrected chi connectivity index (χ4v) is 1.27. The van der Waals surface area contributed by atoms with E-state index in [1.807, 2.05) is 0 Å². The maximum atomic E-state index is 5.83. The molecule has 0 aromatic carbocycles. The van der Waals surface area contributed by atoms with Gasteiger partial charge in [0.25, 0.3) is 0 Å². The predicted molar refractivity (Wildman–Crippen MR) is 70.5 cm³/mol. The monoisotopic (exact) mass is 291 g/mol. The standard InChI is InChI=1S/C11H18ClN3O4/c1-16-2-3-17-4-5-18-6-7-19-10-9(12)8-14-11(13)15-10/h8H,2-7H2,1H3,(H2,13,14,15). The predicted octanol–water partition coefficient (Wildman–Crippen LogP) is 0.771. The van der Waals surface area contributed by atoms with E-state index in [2.05, 4.69) is 9.97 Å². The maximum Gasteiger partial charge on any atom is 0.237 e. The molecule has 0 saturated heterocycles. The third-order valence-corrected chi connectivity index (χ3v) is 2.26. The van der Waals surface area contributed by atoms with Crippen molar-refractivity contribution >= 4 is 17.5 Å². The van der Waals surface area contributed by atoms with E-state index in [9.17, 15) is 0 Å². The Kier molecular flexibility index (Phi) is 8.15. The van der Waals surface area contributed by atoms with Gasteiger partial charge in [0, 0.05) is 7.11 Å². The molecule has 108 valence electrons. The second kappa shape index (κ2) is 9.74. The topological polar surface area (TPSA) is 88.7 Å². The van der Waals surface area contributed by atoms with Crippen LogP contribution in [-0.4, -0.2) is 56.7 Å². The highest BCUT2D eigenvalue weighted by Gasteiger charge is 2.04. The summed E-state index contributed by atoms with van der Waals surface area (Å²) in [4.78, 5) is 7.59. The lowest BCUT2D eigenvalue weighted by Gasteiger charge is -2.08. The number of rotatable bonds is 10. The third-order valence-electron chi connectivity index (χ3n) is 2.00. The van der Waals surface area contributed by atoms with Crippen LogP contribution in [0.25, 0.3) is 0 Å². The molecular formula is C11H18ClN3O4. The molecule has 0 amide bonds. The van der Waals surface area contributed by atoms with Gasteiger partial charge < -0.3 is 24.7 Å². The highest BCUT2D eigenvalue weighted by atomic mass is 35.5. The number of nitrogen functional groups attached to an aromatic ring is 1. The summed E-state index contributed by atoms with van der Waals surface area (Å²) in [6.07, 6.45) is 1.39. The molecule has 0 aliphatic rings. The Balaban J connectivity index is 2.03. The Hall–Kier alpha value is -1.15. The molecule has 0 unspecified atom stereocenters. The minimum Gasteiger partial charge on any atom is -0.474 e. The lowest BCUT2D eigenvalue weighted by molar-refractivity contribution is 0.0177. The molecule has 0 atom stereocenters. The van der Waals surface area contributed by atoms with Crippen molar-refractivity contribution in [2.24, 2.45) is 0 Å². The lowest BCUT2D eigenvalue weighted by Crippen LogP contribution is -2.13. The van der Waals surface area contributed by atoms with Gasteiger partial charge in [-0.2, -0.15) is 4.98 Å². The molecule has 19 heavy (non-hydrogen) atoms. The Morgan fingerprint density at radius 3 is 2.42 bits per heavy atom. The van der Waals surface area contributed by atoms with E-state index in [4.69, 9.17) is 36.3 Å². The molecule has 0 aliphatic carbocycles. The number of hydrogen-bond acceptors (Lipinski definition) is 7. The van der Waals surface area contributed by atoms with Crippen LogP contribution in [0.4, 0.5) is 5.95 Å². The van der Waals surface area contributed by atoms with Crippen LogP contribution < -0.4 is 10.5 Å². The highest BCUT2D eigenvalue weighted by Crippen LogP contribution is 2.20. The summed E-state index contributed by atoms with van der Waals surface area (Å²) in [5.41, 5.74) is 5.42. The molecular weight excluding hydrogens is 274 g/mol. The maximum absolute atomic E-state index is 5.83. The molecule has 0 saturated carbocycles. The van der Waals surface area contributed by atoms with Gasteiger partial charge in [-0.05, 0) is 0 Å². The summed E-state index contributed by atoms with van der Waals surface area (Å²) in [7, 11) is 1.63. The van der Waals surface area contributed by atoms with Crippen molar-refractivity contribution in [2.75, 3.05) is 52.5 Å². The molecule has 1 aromatic heterocycles. The van der Waals surface area contributed by atoms with Crippen LogP contribution in [0.15, 0.2) is 6.20 Å². The molecule has 1 aromatic rings. The average Bonchev–Trinajstić information content (AvgIpc) is 2.40. The van der Waals surface area contributed by atoms with Crippen LogP contribution in [0.5, 0.6) is 5.88 Å².